The molecule has 2 aromatic rings. The van der Waals surface area contributed by atoms with Gasteiger partial charge in [-0.15, -0.1) is 0 Å². The van der Waals surface area contributed by atoms with Crippen LogP contribution in [0.3, 0.4) is 0 Å². The van der Waals surface area contributed by atoms with Crippen LogP contribution in [0.4, 0.5) is 19.3 Å². The number of hydrogen-bond acceptors (Lipinski definition) is 4. The number of anilines is 1. The number of ether oxygens (including phenoxy) is 1. The lowest BCUT2D eigenvalue weighted by Crippen LogP contribution is -2.48. The lowest BCUT2D eigenvalue weighted by Gasteiger charge is -2.31. The molecule has 0 aliphatic heterocycles. The number of nitrogens with two attached hydrogens (primary N) is 1. The van der Waals surface area contributed by atoms with Crippen molar-refractivity contribution in [3.63, 3.8) is 0 Å². The van der Waals surface area contributed by atoms with Crippen LogP contribution >= 0.6 is 0 Å². The standard InChI is InChI=1S/C21H24F2N2O4/c1-21(2,3)29-20(28)25(12-14-9-15(22)18(24)16(23)10-14)17(19(26)27)11-13-7-5-4-6-8-13/h4-10,17H,11-12,24H2,1-3H3,(H,26,27)/t17-/m0/s1. The van der Waals surface area contributed by atoms with Gasteiger partial charge in [0.1, 0.15) is 29.0 Å². The maximum absolute atomic E-state index is 13.9. The summed E-state index contributed by atoms with van der Waals surface area (Å²) in [6, 6.07) is 9.36. The normalized spacial score (nSPS) is 12.3. The molecule has 29 heavy (non-hydrogen) atoms. The quantitative estimate of drug-likeness (QED) is 0.708. The Labute approximate surface area is 167 Å². The van der Waals surface area contributed by atoms with Crippen molar-refractivity contribution in [3.8, 4) is 0 Å². The minimum absolute atomic E-state index is 0.00461. The maximum Gasteiger partial charge on any atom is 0.411 e. The van der Waals surface area contributed by atoms with E-state index in [9.17, 15) is 23.5 Å². The third-order valence-corrected chi connectivity index (χ3v) is 4.05. The van der Waals surface area contributed by atoms with Gasteiger partial charge in [0.2, 0.25) is 0 Å². The fraction of sp³-hybridized carbons (Fsp3) is 0.333. The van der Waals surface area contributed by atoms with Crippen molar-refractivity contribution in [2.75, 3.05) is 5.73 Å². The molecule has 0 bridgehead atoms. The number of aliphatic carboxylic acids is 1. The van der Waals surface area contributed by atoms with Crippen molar-refractivity contribution in [3.05, 3.63) is 65.2 Å². The smallest absolute Gasteiger partial charge is 0.411 e. The van der Waals surface area contributed by atoms with Gasteiger partial charge in [-0.25, -0.2) is 18.4 Å². The Hall–Kier alpha value is -3.16. The Balaban J connectivity index is 2.41. The van der Waals surface area contributed by atoms with Crippen LogP contribution < -0.4 is 5.73 Å². The van der Waals surface area contributed by atoms with Gasteiger partial charge in [-0.05, 0) is 44.0 Å². The molecule has 0 aliphatic carbocycles. The Morgan fingerprint density at radius 3 is 2.14 bits per heavy atom. The topological polar surface area (TPSA) is 92.9 Å². The number of carbonyl (C=O) groups is 2. The van der Waals surface area contributed by atoms with Crippen LogP contribution in [0.2, 0.25) is 0 Å². The zero-order chi connectivity index (χ0) is 21.8. The molecule has 3 N–H and O–H groups in total. The first-order chi connectivity index (χ1) is 13.5. The SMILES string of the molecule is CC(C)(C)OC(=O)N(Cc1cc(F)c(N)c(F)c1)[C@@H](Cc1ccccc1)C(=O)O. The molecule has 0 saturated heterocycles. The molecule has 2 aromatic carbocycles. The van der Waals surface area contributed by atoms with E-state index in [-0.39, 0.29) is 18.5 Å². The summed E-state index contributed by atoms with van der Waals surface area (Å²) in [6.45, 7) is 4.54. The molecule has 0 spiro atoms. The first-order valence-corrected chi connectivity index (χ1v) is 8.97. The van der Waals surface area contributed by atoms with Crippen LogP contribution in [0.15, 0.2) is 42.5 Å². The molecule has 1 atom stereocenters. The number of hydrogen-bond donors (Lipinski definition) is 2. The lowest BCUT2D eigenvalue weighted by atomic mass is 10.0. The van der Waals surface area contributed by atoms with E-state index in [1.54, 1.807) is 51.1 Å². The number of carboxylic acid groups (broad SMARTS) is 1. The van der Waals surface area contributed by atoms with Crippen molar-refractivity contribution >= 4 is 17.7 Å². The van der Waals surface area contributed by atoms with Crippen molar-refractivity contribution in [2.24, 2.45) is 0 Å². The molecule has 6 nitrogen and oxygen atoms in total. The van der Waals surface area contributed by atoms with Gasteiger partial charge in [-0.1, -0.05) is 30.3 Å². The van der Waals surface area contributed by atoms with Crippen LogP contribution in [0.5, 0.6) is 0 Å². The van der Waals surface area contributed by atoms with Gasteiger partial charge < -0.3 is 15.6 Å². The molecule has 0 unspecified atom stereocenters. The van der Waals surface area contributed by atoms with Gasteiger partial charge in [0, 0.05) is 6.42 Å². The second-order valence-corrected chi connectivity index (χ2v) is 7.63. The number of carboxylic acids is 1. The van der Waals surface area contributed by atoms with Gasteiger partial charge in [0.15, 0.2) is 0 Å². The van der Waals surface area contributed by atoms with E-state index in [1.807, 2.05) is 0 Å². The summed E-state index contributed by atoms with van der Waals surface area (Å²) < 4.78 is 33.0. The molecule has 0 saturated carbocycles. The third kappa shape index (κ3) is 6.17. The predicted molar refractivity (Wildman–Crippen MR) is 104 cm³/mol. The highest BCUT2D eigenvalue weighted by Crippen LogP contribution is 2.22. The summed E-state index contributed by atoms with van der Waals surface area (Å²) >= 11 is 0. The fourth-order valence-electron chi connectivity index (χ4n) is 2.72. The minimum atomic E-state index is -1.31. The summed E-state index contributed by atoms with van der Waals surface area (Å²) in [6.07, 6.45) is -0.909. The monoisotopic (exact) mass is 406 g/mol. The molecule has 8 heteroatoms. The van der Waals surface area contributed by atoms with Crippen molar-refractivity contribution in [1.29, 1.82) is 0 Å². The van der Waals surface area contributed by atoms with Gasteiger partial charge in [-0.3, -0.25) is 4.90 Å². The van der Waals surface area contributed by atoms with Crippen LogP contribution in [0.1, 0.15) is 31.9 Å². The van der Waals surface area contributed by atoms with Crippen molar-refractivity contribution in [1.82, 2.24) is 4.90 Å². The number of nitrogen functional groups attached to an aromatic ring is 1. The summed E-state index contributed by atoms with van der Waals surface area (Å²) in [7, 11) is 0. The first kappa shape index (κ1) is 22.1. The first-order valence-electron chi connectivity index (χ1n) is 8.97. The molecule has 0 radical (unpaired) electrons. The summed E-state index contributed by atoms with van der Waals surface area (Å²) in [4.78, 5) is 25.7. The molecule has 0 heterocycles. The maximum atomic E-state index is 13.9. The van der Waals surface area contributed by atoms with Gasteiger partial charge in [-0.2, -0.15) is 0 Å². The summed E-state index contributed by atoms with van der Waals surface area (Å²) in [5, 5.41) is 9.77. The Morgan fingerprint density at radius 1 is 1.10 bits per heavy atom. The largest absolute Gasteiger partial charge is 0.480 e. The number of nitrogens with zero attached hydrogens (tertiary/aromatic N) is 1. The van der Waals surface area contributed by atoms with Gasteiger partial charge in [0.25, 0.3) is 0 Å². The fourth-order valence-corrected chi connectivity index (χ4v) is 2.72. The summed E-state index contributed by atoms with van der Waals surface area (Å²) in [5.41, 5.74) is 4.50. The number of halogens is 2. The highest BCUT2D eigenvalue weighted by Gasteiger charge is 2.33. The predicted octanol–water partition coefficient (Wildman–Crippen LogP) is 3.98. The Bertz CT molecular complexity index is 859. The van der Waals surface area contributed by atoms with E-state index < -0.39 is 41.0 Å². The Kier molecular flexibility index (Phi) is 6.79. The second kappa shape index (κ2) is 8.89. The highest BCUT2D eigenvalue weighted by atomic mass is 19.1. The second-order valence-electron chi connectivity index (χ2n) is 7.63. The molecule has 0 aliphatic rings. The van der Waals surface area contributed by atoms with E-state index in [1.165, 1.54) is 0 Å². The zero-order valence-corrected chi connectivity index (χ0v) is 16.5. The number of amides is 1. The number of benzene rings is 2. The minimum Gasteiger partial charge on any atom is -0.480 e. The van der Waals surface area contributed by atoms with Crippen LogP contribution in [0, 0.1) is 11.6 Å². The van der Waals surface area contributed by atoms with Crippen molar-refractivity contribution < 1.29 is 28.2 Å². The average Bonchev–Trinajstić information content (AvgIpc) is 2.61. The van der Waals surface area contributed by atoms with E-state index in [0.717, 1.165) is 17.0 Å². The zero-order valence-electron chi connectivity index (χ0n) is 16.5. The van der Waals surface area contributed by atoms with Crippen molar-refractivity contribution in [2.45, 2.75) is 45.4 Å². The third-order valence-electron chi connectivity index (χ3n) is 4.05. The molecule has 1 amide bonds. The van der Waals surface area contributed by atoms with Gasteiger partial charge in [0.05, 0.1) is 6.54 Å². The van der Waals surface area contributed by atoms with Crippen LogP contribution in [0.25, 0.3) is 0 Å². The number of rotatable bonds is 6. The van der Waals surface area contributed by atoms with E-state index in [0.29, 0.717) is 5.56 Å². The molecular weight excluding hydrogens is 382 g/mol. The van der Waals surface area contributed by atoms with Crippen LogP contribution in [-0.2, 0) is 22.5 Å². The van der Waals surface area contributed by atoms with Gasteiger partial charge >= 0.3 is 12.1 Å². The lowest BCUT2D eigenvalue weighted by molar-refractivity contribution is -0.143. The molecule has 2 rings (SSSR count). The summed E-state index contributed by atoms with van der Waals surface area (Å²) in [5.74, 6) is -3.24. The molecule has 0 aromatic heterocycles. The molecule has 156 valence electrons. The highest BCUT2D eigenvalue weighted by molar-refractivity contribution is 5.80. The number of carbonyl (C=O) groups excluding carboxylic acids is 1. The molecule has 0 fully saturated rings. The Morgan fingerprint density at radius 2 is 1.66 bits per heavy atom. The van der Waals surface area contributed by atoms with Crippen LogP contribution in [-0.4, -0.2) is 33.7 Å². The average molecular weight is 406 g/mol. The van der Waals surface area contributed by atoms with E-state index in [4.69, 9.17) is 10.5 Å². The van der Waals surface area contributed by atoms with E-state index in [2.05, 4.69) is 0 Å². The van der Waals surface area contributed by atoms with E-state index >= 15 is 0 Å². The molecular formula is C21H24F2N2O4.